The summed E-state index contributed by atoms with van der Waals surface area (Å²) in [6.07, 6.45) is 36.1. The minimum atomic E-state index is -2.79. The van der Waals surface area contributed by atoms with Gasteiger partial charge in [0.2, 0.25) is 22.5 Å². The number of rotatable bonds is 12. The molecule has 0 aromatic heterocycles. The fraction of sp³-hybridized carbons (Fsp3) is 1.00. The molecule has 16 heteroatoms. The van der Waals surface area contributed by atoms with E-state index >= 15 is 0 Å². The molecule has 9 rings (SSSR count). The predicted molar refractivity (Wildman–Crippen MR) is 270 cm³/mol. The maximum atomic E-state index is 7.11. The first kappa shape index (κ1) is 47.8. The standard InChI is InChI=1S/C46H93N12P4/c1-59(47-60(50-29-11-2-12-30-50,51-31-13-3-14-32-51)52-33-15-4-16-34-52,48-61(53-35-17-5-18-36-53,54-37-19-6-20-38-54)55-39-21-7-22-40-55)49-62(56-41-23-8-24-42-56,57-43-25-9-26-44-57)58-45-27-10-28-46-58/h2-46H2,1H3/q+1. The first-order valence-electron chi connectivity index (χ1n) is 27.1. The van der Waals surface area contributed by atoms with Crippen molar-refractivity contribution < 1.29 is 0 Å². The minimum Gasteiger partial charge on any atom is -0.243 e. The normalized spacial score (nSPS) is 28.8. The van der Waals surface area contributed by atoms with Crippen molar-refractivity contribution in [1.82, 2.24) is 42.0 Å². The Balaban J connectivity index is 1.40. The van der Waals surface area contributed by atoms with E-state index in [0.717, 1.165) is 0 Å². The molecule has 0 aromatic carbocycles. The minimum absolute atomic E-state index is 1.21. The van der Waals surface area contributed by atoms with Gasteiger partial charge in [0, 0.05) is 118 Å². The van der Waals surface area contributed by atoms with Crippen LogP contribution >= 0.6 is 30.2 Å². The molecule has 0 aromatic rings. The van der Waals surface area contributed by atoms with Crippen molar-refractivity contribution in [3.8, 4) is 0 Å². The zero-order valence-electron chi connectivity index (χ0n) is 40.0. The molecular weight excluding hydrogens is 844 g/mol. The number of piperidine rings is 9. The van der Waals surface area contributed by atoms with Crippen molar-refractivity contribution in [2.45, 2.75) is 173 Å². The van der Waals surface area contributed by atoms with Gasteiger partial charge in [0.15, 0.2) is 0 Å². The van der Waals surface area contributed by atoms with E-state index in [2.05, 4.69) is 48.7 Å². The van der Waals surface area contributed by atoms with Crippen molar-refractivity contribution >= 4 is 30.2 Å². The second-order valence-electron chi connectivity index (χ2n) is 20.9. The summed E-state index contributed by atoms with van der Waals surface area (Å²) in [6.45, 7) is 24.4. The van der Waals surface area contributed by atoms with Gasteiger partial charge in [-0.15, -0.1) is 0 Å². The van der Waals surface area contributed by atoms with Crippen LogP contribution in [0.2, 0.25) is 0 Å². The predicted octanol–water partition coefficient (Wildman–Crippen LogP) is 12.6. The summed E-state index contributed by atoms with van der Waals surface area (Å²) >= 11 is 0. The first-order valence-corrected chi connectivity index (χ1v) is 34.0. The summed E-state index contributed by atoms with van der Waals surface area (Å²) in [5.74, 6) is 0. The Bertz CT molecular complexity index is 1210. The molecule has 0 saturated carbocycles. The second-order valence-corrected chi connectivity index (χ2v) is 33.1. The van der Waals surface area contributed by atoms with Crippen molar-refractivity contribution in [3.05, 3.63) is 0 Å². The van der Waals surface area contributed by atoms with Gasteiger partial charge >= 0.3 is 7.71 Å². The first-order chi connectivity index (χ1) is 30.6. The third-order valence-corrected chi connectivity index (χ3v) is 33.7. The Hall–Kier alpha value is 0.760. The maximum absolute atomic E-state index is 7.11. The molecule has 0 bridgehead atoms. The van der Waals surface area contributed by atoms with Gasteiger partial charge in [0.1, 0.15) is 6.66 Å². The van der Waals surface area contributed by atoms with Crippen molar-refractivity contribution in [3.63, 3.8) is 0 Å². The maximum Gasteiger partial charge on any atom is 0.369 e. The van der Waals surface area contributed by atoms with Gasteiger partial charge in [-0.05, 0) is 129 Å². The van der Waals surface area contributed by atoms with Crippen LogP contribution in [-0.4, -0.2) is 167 Å². The summed E-state index contributed by atoms with van der Waals surface area (Å²) < 4.78 is 49.0. The van der Waals surface area contributed by atoms with E-state index in [0.29, 0.717) is 0 Å². The lowest BCUT2D eigenvalue weighted by Gasteiger charge is -2.53. The molecule has 0 atom stereocenters. The molecule has 9 aliphatic rings. The van der Waals surface area contributed by atoms with Crippen LogP contribution in [0.3, 0.4) is 0 Å². The van der Waals surface area contributed by atoms with Crippen LogP contribution in [0, 0.1) is 0 Å². The van der Waals surface area contributed by atoms with Gasteiger partial charge < -0.3 is 0 Å². The third-order valence-electron chi connectivity index (χ3n) is 16.3. The Kier molecular flexibility index (Phi) is 17.7. The summed E-state index contributed by atoms with van der Waals surface area (Å²) in [5, 5.41) is 0. The zero-order chi connectivity index (χ0) is 42.1. The van der Waals surface area contributed by atoms with E-state index < -0.39 is 30.2 Å². The number of nitrogens with zero attached hydrogens (tertiary/aromatic N) is 12. The highest BCUT2D eigenvalue weighted by Crippen LogP contribution is 2.83. The third kappa shape index (κ3) is 10.4. The van der Waals surface area contributed by atoms with E-state index in [1.54, 1.807) is 0 Å². The molecule has 0 N–H and O–H groups in total. The molecule has 0 amide bonds. The lowest BCUT2D eigenvalue weighted by Crippen LogP contribution is -2.47. The van der Waals surface area contributed by atoms with Gasteiger partial charge in [0.05, 0.1) is 0 Å². The molecule has 0 aliphatic carbocycles. The largest absolute Gasteiger partial charge is 0.369 e. The molecule has 0 spiro atoms. The summed E-state index contributed by atoms with van der Waals surface area (Å²) in [5.41, 5.74) is 0. The van der Waals surface area contributed by atoms with Gasteiger partial charge in [-0.1, -0.05) is 57.8 Å². The molecule has 62 heavy (non-hydrogen) atoms. The quantitative estimate of drug-likeness (QED) is 0.178. The highest BCUT2D eigenvalue weighted by molar-refractivity contribution is 7.85. The van der Waals surface area contributed by atoms with Crippen LogP contribution in [0.15, 0.2) is 13.5 Å². The van der Waals surface area contributed by atoms with Crippen LogP contribution in [0.1, 0.15) is 173 Å². The fourth-order valence-electron chi connectivity index (χ4n) is 13.2. The van der Waals surface area contributed by atoms with Crippen LogP contribution in [0.25, 0.3) is 0 Å². The van der Waals surface area contributed by atoms with Gasteiger partial charge in [-0.25, -0.2) is 42.0 Å². The van der Waals surface area contributed by atoms with Crippen LogP contribution < -0.4 is 0 Å². The van der Waals surface area contributed by atoms with E-state index in [1.807, 2.05) is 0 Å². The molecule has 0 radical (unpaired) electrons. The average molecular weight is 938 g/mol. The number of hydrogen-bond donors (Lipinski definition) is 0. The molecule has 12 nitrogen and oxygen atoms in total. The Morgan fingerprint density at radius 1 is 0.210 bits per heavy atom. The topological polar surface area (TPSA) is 66.2 Å². The summed E-state index contributed by atoms with van der Waals surface area (Å²) in [7, 11) is -9.82. The lowest BCUT2D eigenvalue weighted by molar-refractivity contribution is 0.246. The number of hydrogen-bond acceptors (Lipinski definition) is 3. The highest BCUT2D eigenvalue weighted by Gasteiger charge is 2.56. The Labute approximate surface area is 382 Å². The molecule has 9 heterocycles. The SMILES string of the molecule is C[P+](N=P(N1CCCCC1)(N1CCCCC1)N1CCCCC1)(N=P(N1CCCCC1)(N1CCCCC1)N1CCCCC1)N=P(N1CCCCC1)(N1CCCCC1)N1CCCCC1. The van der Waals surface area contributed by atoms with Crippen LogP contribution in [-0.2, 0) is 0 Å². The summed E-state index contributed by atoms with van der Waals surface area (Å²) in [4.78, 5) is 0. The fourth-order valence-corrected chi connectivity index (χ4v) is 34.7. The van der Waals surface area contributed by atoms with E-state index in [4.69, 9.17) is 13.5 Å². The van der Waals surface area contributed by atoms with Crippen molar-refractivity contribution in [2.24, 2.45) is 13.5 Å². The molecule has 356 valence electrons. The smallest absolute Gasteiger partial charge is 0.243 e. The Morgan fingerprint density at radius 3 is 0.435 bits per heavy atom. The van der Waals surface area contributed by atoms with Gasteiger partial charge in [-0.3, -0.25) is 0 Å². The molecule has 9 aliphatic heterocycles. The van der Waals surface area contributed by atoms with Crippen molar-refractivity contribution in [2.75, 3.05) is 124 Å². The monoisotopic (exact) mass is 938 g/mol. The van der Waals surface area contributed by atoms with Crippen LogP contribution in [0.5, 0.6) is 0 Å². The zero-order valence-corrected chi connectivity index (χ0v) is 43.6. The molecule has 9 saturated heterocycles. The van der Waals surface area contributed by atoms with Crippen LogP contribution in [0.4, 0.5) is 0 Å². The summed E-state index contributed by atoms with van der Waals surface area (Å²) in [6, 6.07) is 0. The highest BCUT2D eigenvalue weighted by atomic mass is 31.3. The van der Waals surface area contributed by atoms with E-state index in [1.165, 1.54) is 291 Å². The van der Waals surface area contributed by atoms with Gasteiger partial charge in [-0.2, -0.15) is 0 Å². The molecular formula is C46H93N12P4+. The van der Waals surface area contributed by atoms with Crippen molar-refractivity contribution in [1.29, 1.82) is 0 Å². The van der Waals surface area contributed by atoms with E-state index in [9.17, 15) is 0 Å². The molecule has 0 unspecified atom stereocenters. The Morgan fingerprint density at radius 2 is 0.323 bits per heavy atom. The van der Waals surface area contributed by atoms with Gasteiger partial charge in [0.25, 0.3) is 0 Å². The van der Waals surface area contributed by atoms with E-state index in [-0.39, 0.29) is 0 Å². The molecule has 9 fully saturated rings. The second kappa shape index (κ2) is 22.9. The average Bonchev–Trinajstić information content (AvgIpc) is 3.37. The lowest BCUT2D eigenvalue weighted by atomic mass is 10.2.